The van der Waals surface area contributed by atoms with Crippen molar-refractivity contribution in [3.63, 3.8) is 0 Å². The molecule has 0 radical (unpaired) electrons. The number of fused-ring (bicyclic) bond motifs is 1. The van der Waals surface area contributed by atoms with Gasteiger partial charge in [-0.3, -0.25) is 4.79 Å². The van der Waals surface area contributed by atoms with E-state index < -0.39 is 0 Å². The average molecular weight is 364 g/mol. The molecule has 132 valence electrons. The van der Waals surface area contributed by atoms with Gasteiger partial charge in [-0.1, -0.05) is 24.3 Å². The first-order chi connectivity index (χ1) is 12.7. The molecule has 6 heteroatoms. The molecular formula is C20H20N4OS. The fraction of sp³-hybridized carbons (Fsp3) is 0.300. The predicted octanol–water partition coefficient (Wildman–Crippen LogP) is 3.68. The summed E-state index contributed by atoms with van der Waals surface area (Å²) in [6.45, 7) is 0. The van der Waals surface area contributed by atoms with Crippen molar-refractivity contribution in [2.45, 2.75) is 31.7 Å². The van der Waals surface area contributed by atoms with Crippen LogP contribution in [0.5, 0.6) is 0 Å². The summed E-state index contributed by atoms with van der Waals surface area (Å²) in [6, 6.07) is 10.4. The smallest absolute Gasteiger partial charge is 0.228 e. The Bertz CT molecular complexity index is 909. The van der Waals surface area contributed by atoms with E-state index in [9.17, 15) is 4.79 Å². The summed E-state index contributed by atoms with van der Waals surface area (Å²) < 4.78 is 0. The summed E-state index contributed by atoms with van der Waals surface area (Å²) in [4.78, 5) is 27.7. The number of likely N-dealkylation sites (N-methyl/N-ethyl adjacent to an activating group) is 1. The van der Waals surface area contributed by atoms with Gasteiger partial charge in [0, 0.05) is 24.8 Å². The maximum Gasteiger partial charge on any atom is 0.228 e. The number of benzene rings is 1. The van der Waals surface area contributed by atoms with Gasteiger partial charge in [0.1, 0.15) is 0 Å². The molecule has 0 aliphatic heterocycles. The highest BCUT2D eigenvalue weighted by Gasteiger charge is 2.26. The van der Waals surface area contributed by atoms with Crippen LogP contribution in [0.15, 0.2) is 48.1 Å². The summed E-state index contributed by atoms with van der Waals surface area (Å²) in [7, 11) is 1.91. The highest BCUT2D eigenvalue weighted by Crippen LogP contribution is 2.33. The molecule has 0 N–H and O–H groups in total. The fourth-order valence-corrected chi connectivity index (χ4v) is 4.25. The normalized spacial score (nSPS) is 16.1. The Kier molecular flexibility index (Phi) is 4.75. The molecule has 0 unspecified atom stereocenters. The van der Waals surface area contributed by atoms with Crippen molar-refractivity contribution < 1.29 is 4.79 Å². The van der Waals surface area contributed by atoms with Crippen LogP contribution < -0.4 is 0 Å². The molecule has 1 aliphatic carbocycles. The zero-order valence-corrected chi connectivity index (χ0v) is 15.4. The van der Waals surface area contributed by atoms with Crippen molar-refractivity contribution >= 4 is 17.2 Å². The van der Waals surface area contributed by atoms with Crippen LogP contribution in [0, 0.1) is 0 Å². The molecule has 5 nitrogen and oxygen atoms in total. The average Bonchev–Trinajstić information content (AvgIpc) is 3.16. The number of amides is 1. The fourth-order valence-electron chi connectivity index (χ4n) is 3.48. The number of rotatable bonds is 4. The monoisotopic (exact) mass is 364 g/mol. The minimum atomic E-state index is 0.0949. The topological polar surface area (TPSA) is 59.0 Å². The summed E-state index contributed by atoms with van der Waals surface area (Å²) in [5.41, 5.74) is 3.42. The van der Waals surface area contributed by atoms with E-state index >= 15 is 0 Å². The molecule has 0 spiro atoms. The van der Waals surface area contributed by atoms with Gasteiger partial charge in [0.2, 0.25) is 5.91 Å². The summed E-state index contributed by atoms with van der Waals surface area (Å²) in [5.74, 6) is 0.697. The lowest BCUT2D eigenvalue weighted by Crippen LogP contribution is -2.34. The van der Waals surface area contributed by atoms with E-state index in [1.54, 1.807) is 18.5 Å². The second kappa shape index (κ2) is 7.33. The molecule has 1 aromatic carbocycles. The second-order valence-electron chi connectivity index (χ2n) is 6.50. The first-order valence-corrected chi connectivity index (χ1v) is 9.65. The van der Waals surface area contributed by atoms with E-state index in [0.717, 1.165) is 30.0 Å². The highest BCUT2D eigenvalue weighted by molar-refractivity contribution is 7.13. The van der Waals surface area contributed by atoms with E-state index in [1.807, 2.05) is 17.3 Å². The molecule has 1 amide bonds. The molecule has 4 rings (SSSR count). The van der Waals surface area contributed by atoms with E-state index in [2.05, 4.69) is 39.2 Å². The van der Waals surface area contributed by atoms with Crippen LogP contribution in [0.1, 0.15) is 35.7 Å². The van der Waals surface area contributed by atoms with Crippen molar-refractivity contribution in [2.24, 2.45) is 0 Å². The van der Waals surface area contributed by atoms with Gasteiger partial charge in [-0.2, -0.15) is 0 Å². The van der Waals surface area contributed by atoms with Gasteiger partial charge < -0.3 is 4.90 Å². The number of carbonyl (C=O) groups excluding carboxylic acids is 1. The van der Waals surface area contributed by atoms with Crippen LogP contribution in [0.4, 0.5) is 0 Å². The minimum absolute atomic E-state index is 0.0949. The van der Waals surface area contributed by atoms with Gasteiger partial charge >= 0.3 is 0 Å². The summed E-state index contributed by atoms with van der Waals surface area (Å²) in [5, 5.41) is 2.67. The lowest BCUT2D eigenvalue weighted by Gasteiger charge is -2.33. The van der Waals surface area contributed by atoms with E-state index in [4.69, 9.17) is 0 Å². The van der Waals surface area contributed by atoms with Gasteiger partial charge in [0.05, 0.1) is 18.2 Å². The Morgan fingerprint density at radius 1 is 1.23 bits per heavy atom. The number of aromatic nitrogens is 3. The molecule has 0 bridgehead atoms. The van der Waals surface area contributed by atoms with E-state index in [-0.39, 0.29) is 11.9 Å². The second-order valence-corrected chi connectivity index (χ2v) is 7.36. The Labute approximate surface area is 156 Å². The van der Waals surface area contributed by atoms with Gasteiger partial charge in [-0.25, -0.2) is 15.0 Å². The lowest BCUT2D eigenvalue weighted by molar-refractivity contribution is -0.131. The summed E-state index contributed by atoms with van der Waals surface area (Å²) >= 11 is 1.47. The molecule has 1 aliphatic rings. The van der Waals surface area contributed by atoms with Gasteiger partial charge in [0.25, 0.3) is 0 Å². The number of thiazole rings is 1. The van der Waals surface area contributed by atoms with Gasteiger partial charge in [-0.15, -0.1) is 11.3 Å². The Hall–Kier alpha value is -2.60. The van der Waals surface area contributed by atoms with Gasteiger partial charge in [0.15, 0.2) is 10.8 Å². The SMILES string of the molecule is CN(C(=O)Cc1csc(-c2ncccn2)n1)[C@H]1CCCc2ccccc21. The first kappa shape index (κ1) is 16.8. The summed E-state index contributed by atoms with van der Waals surface area (Å²) in [6.07, 6.45) is 6.93. The molecule has 0 saturated heterocycles. The van der Waals surface area contributed by atoms with Gasteiger partial charge in [-0.05, 0) is 36.5 Å². The third-order valence-electron chi connectivity index (χ3n) is 4.84. The maximum atomic E-state index is 12.8. The van der Waals surface area contributed by atoms with Crippen molar-refractivity contribution in [2.75, 3.05) is 7.05 Å². The molecular weight excluding hydrogens is 344 g/mol. The third kappa shape index (κ3) is 3.37. The maximum absolute atomic E-state index is 12.8. The van der Waals surface area contributed by atoms with Crippen molar-refractivity contribution in [3.8, 4) is 10.8 Å². The first-order valence-electron chi connectivity index (χ1n) is 8.77. The lowest BCUT2D eigenvalue weighted by atomic mass is 9.87. The van der Waals surface area contributed by atoms with Crippen LogP contribution in [0.3, 0.4) is 0 Å². The zero-order valence-electron chi connectivity index (χ0n) is 14.6. The number of hydrogen-bond acceptors (Lipinski definition) is 5. The quantitative estimate of drug-likeness (QED) is 0.709. The molecule has 1 atom stereocenters. The molecule has 0 fully saturated rings. The number of aryl methyl sites for hydroxylation is 1. The van der Waals surface area contributed by atoms with Crippen LogP contribution in [0.25, 0.3) is 10.8 Å². The van der Waals surface area contributed by atoms with Crippen LogP contribution in [-0.2, 0) is 17.6 Å². The molecule has 26 heavy (non-hydrogen) atoms. The number of carbonyl (C=O) groups is 1. The van der Waals surface area contributed by atoms with Crippen molar-refractivity contribution in [1.82, 2.24) is 19.9 Å². The number of nitrogens with zero attached hydrogens (tertiary/aromatic N) is 4. The van der Waals surface area contributed by atoms with Crippen LogP contribution in [-0.4, -0.2) is 32.8 Å². The van der Waals surface area contributed by atoms with Crippen LogP contribution >= 0.6 is 11.3 Å². The molecule has 2 heterocycles. The largest absolute Gasteiger partial charge is 0.338 e. The zero-order chi connectivity index (χ0) is 17.9. The third-order valence-corrected chi connectivity index (χ3v) is 5.73. The Morgan fingerprint density at radius 2 is 2.04 bits per heavy atom. The minimum Gasteiger partial charge on any atom is -0.338 e. The number of hydrogen-bond donors (Lipinski definition) is 0. The van der Waals surface area contributed by atoms with Crippen molar-refractivity contribution in [3.05, 3.63) is 64.9 Å². The van der Waals surface area contributed by atoms with Crippen LogP contribution in [0.2, 0.25) is 0 Å². The predicted molar refractivity (Wildman–Crippen MR) is 102 cm³/mol. The Balaban J connectivity index is 1.48. The molecule has 3 aromatic rings. The molecule has 0 saturated carbocycles. The molecule has 2 aromatic heterocycles. The van der Waals surface area contributed by atoms with E-state index in [1.165, 1.54) is 22.5 Å². The standard InChI is InChI=1S/C20H20N4OS/c1-24(17-9-4-7-14-6-2-3-8-16(14)17)18(25)12-15-13-26-20(23-15)19-21-10-5-11-22-19/h2-3,5-6,8,10-11,13,17H,4,7,9,12H2,1H3/t17-/m0/s1. The highest BCUT2D eigenvalue weighted by atomic mass is 32.1. The van der Waals surface area contributed by atoms with E-state index in [0.29, 0.717) is 12.2 Å². The Morgan fingerprint density at radius 3 is 2.88 bits per heavy atom. The van der Waals surface area contributed by atoms with Crippen molar-refractivity contribution in [1.29, 1.82) is 0 Å².